The zero-order chi connectivity index (χ0) is 14.9. The van der Waals surface area contributed by atoms with Crippen molar-refractivity contribution in [1.82, 2.24) is 4.90 Å². The van der Waals surface area contributed by atoms with E-state index in [1.54, 1.807) is 0 Å². The molecule has 1 aliphatic rings. The van der Waals surface area contributed by atoms with E-state index in [4.69, 9.17) is 5.73 Å². The smallest absolute Gasteiger partial charge is 0.0330 e. The molecule has 1 heterocycles. The lowest BCUT2D eigenvalue weighted by Gasteiger charge is -2.31. The van der Waals surface area contributed by atoms with E-state index in [1.807, 2.05) is 23.5 Å². The van der Waals surface area contributed by atoms with Crippen LogP contribution in [0.15, 0.2) is 41.8 Å². The first-order chi connectivity index (χ1) is 10.1. The standard InChI is InChI=1S/C18H24N2S/c1-14(2)20(12-17-4-3-11-21-17)13-18(9-10-18)15-5-7-16(19)8-6-15/h3-8,11,14H,9-10,12-13,19H2,1-2H3. The van der Waals surface area contributed by atoms with Crippen LogP contribution < -0.4 is 5.73 Å². The van der Waals surface area contributed by atoms with Gasteiger partial charge in [-0.2, -0.15) is 0 Å². The Kier molecular flexibility index (Phi) is 4.05. The van der Waals surface area contributed by atoms with Crippen molar-refractivity contribution in [2.24, 2.45) is 0 Å². The molecule has 0 atom stereocenters. The summed E-state index contributed by atoms with van der Waals surface area (Å²) < 4.78 is 0. The third-order valence-electron chi connectivity index (χ3n) is 4.55. The summed E-state index contributed by atoms with van der Waals surface area (Å²) in [5.41, 5.74) is 8.49. The molecular formula is C18H24N2S. The summed E-state index contributed by atoms with van der Waals surface area (Å²) in [6.07, 6.45) is 2.59. The van der Waals surface area contributed by atoms with Crippen molar-refractivity contribution >= 4 is 17.0 Å². The van der Waals surface area contributed by atoms with E-state index in [0.29, 0.717) is 11.5 Å². The third-order valence-corrected chi connectivity index (χ3v) is 5.41. The molecule has 1 fully saturated rings. The summed E-state index contributed by atoms with van der Waals surface area (Å²) in [6, 6.07) is 13.5. The summed E-state index contributed by atoms with van der Waals surface area (Å²) in [5.74, 6) is 0. The van der Waals surface area contributed by atoms with Gasteiger partial charge in [0.15, 0.2) is 0 Å². The quantitative estimate of drug-likeness (QED) is 0.807. The SMILES string of the molecule is CC(C)N(Cc1cccs1)CC1(c2ccc(N)cc2)CC1. The number of hydrogen-bond donors (Lipinski definition) is 1. The fourth-order valence-electron chi connectivity index (χ4n) is 2.94. The molecule has 0 bridgehead atoms. The second kappa shape index (κ2) is 5.82. The predicted octanol–water partition coefficient (Wildman–Crippen LogP) is 4.27. The molecule has 1 aromatic heterocycles. The molecule has 0 saturated heterocycles. The highest BCUT2D eigenvalue weighted by Crippen LogP contribution is 2.49. The third kappa shape index (κ3) is 3.30. The minimum Gasteiger partial charge on any atom is -0.399 e. The van der Waals surface area contributed by atoms with E-state index in [0.717, 1.165) is 18.8 Å². The maximum Gasteiger partial charge on any atom is 0.0330 e. The Balaban J connectivity index is 1.74. The van der Waals surface area contributed by atoms with Crippen molar-refractivity contribution in [1.29, 1.82) is 0 Å². The molecule has 0 spiro atoms. The van der Waals surface area contributed by atoms with Crippen molar-refractivity contribution in [2.45, 2.75) is 44.7 Å². The number of hydrogen-bond acceptors (Lipinski definition) is 3. The van der Waals surface area contributed by atoms with Gasteiger partial charge in [0.05, 0.1) is 0 Å². The molecule has 0 amide bonds. The second-order valence-electron chi connectivity index (χ2n) is 6.48. The lowest BCUT2D eigenvalue weighted by molar-refractivity contribution is 0.194. The highest BCUT2D eigenvalue weighted by molar-refractivity contribution is 7.09. The van der Waals surface area contributed by atoms with Crippen LogP contribution in [0.4, 0.5) is 5.69 Å². The number of benzene rings is 1. The van der Waals surface area contributed by atoms with Crippen LogP contribution in [0.2, 0.25) is 0 Å². The highest BCUT2D eigenvalue weighted by Gasteiger charge is 2.45. The van der Waals surface area contributed by atoms with Crippen LogP contribution in [0, 0.1) is 0 Å². The Morgan fingerprint density at radius 3 is 2.43 bits per heavy atom. The zero-order valence-corrected chi connectivity index (χ0v) is 13.7. The summed E-state index contributed by atoms with van der Waals surface area (Å²) in [7, 11) is 0. The van der Waals surface area contributed by atoms with Crippen molar-refractivity contribution in [3.05, 3.63) is 52.2 Å². The molecule has 21 heavy (non-hydrogen) atoms. The zero-order valence-electron chi connectivity index (χ0n) is 12.9. The van der Waals surface area contributed by atoms with Crippen LogP contribution in [0.25, 0.3) is 0 Å². The lowest BCUT2D eigenvalue weighted by Crippen LogP contribution is -2.37. The van der Waals surface area contributed by atoms with Crippen LogP contribution in [-0.4, -0.2) is 17.5 Å². The summed E-state index contributed by atoms with van der Waals surface area (Å²) in [6.45, 7) is 6.80. The Morgan fingerprint density at radius 1 is 1.19 bits per heavy atom. The highest BCUT2D eigenvalue weighted by atomic mass is 32.1. The summed E-state index contributed by atoms with van der Waals surface area (Å²) in [5, 5.41) is 2.17. The van der Waals surface area contributed by atoms with Gasteiger partial charge >= 0.3 is 0 Å². The van der Waals surface area contributed by atoms with Crippen LogP contribution >= 0.6 is 11.3 Å². The van der Waals surface area contributed by atoms with Gasteiger partial charge in [-0.05, 0) is 55.8 Å². The van der Waals surface area contributed by atoms with Crippen molar-refractivity contribution in [3.63, 3.8) is 0 Å². The Morgan fingerprint density at radius 2 is 1.90 bits per heavy atom. The van der Waals surface area contributed by atoms with Gasteiger partial charge in [0, 0.05) is 35.1 Å². The van der Waals surface area contributed by atoms with E-state index >= 15 is 0 Å². The molecule has 0 unspecified atom stereocenters. The van der Waals surface area contributed by atoms with E-state index in [-0.39, 0.29) is 0 Å². The first kappa shape index (κ1) is 14.6. The van der Waals surface area contributed by atoms with Gasteiger partial charge < -0.3 is 5.73 Å². The van der Waals surface area contributed by atoms with Gasteiger partial charge in [0.2, 0.25) is 0 Å². The molecular weight excluding hydrogens is 276 g/mol. The molecule has 1 saturated carbocycles. The van der Waals surface area contributed by atoms with E-state index in [9.17, 15) is 0 Å². The fourth-order valence-corrected chi connectivity index (χ4v) is 3.67. The minimum absolute atomic E-state index is 0.356. The number of nitrogens with two attached hydrogens (primary N) is 1. The van der Waals surface area contributed by atoms with Gasteiger partial charge in [0.25, 0.3) is 0 Å². The van der Waals surface area contributed by atoms with Gasteiger partial charge in [-0.25, -0.2) is 0 Å². The first-order valence-electron chi connectivity index (χ1n) is 7.71. The van der Waals surface area contributed by atoms with Crippen LogP contribution in [0.5, 0.6) is 0 Å². The Bertz CT molecular complexity index is 568. The number of anilines is 1. The lowest BCUT2D eigenvalue weighted by atomic mass is 9.94. The average Bonchev–Trinajstić information content (AvgIpc) is 3.05. The predicted molar refractivity (Wildman–Crippen MR) is 91.6 cm³/mol. The molecule has 0 radical (unpaired) electrons. The van der Waals surface area contributed by atoms with Gasteiger partial charge in [0.1, 0.15) is 0 Å². The van der Waals surface area contributed by atoms with Crippen LogP contribution in [0.3, 0.4) is 0 Å². The topological polar surface area (TPSA) is 29.3 Å². The van der Waals surface area contributed by atoms with Gasteiger partial charge in [-0.15, -0.1) is 11.3 Å². The van der Waals surface area contributed by atoms with E-state index in [1.165, 1.54) is 23.3 Å². The Hall–Kier alpha value is -1.32. The normalized spacial score (nSPS) is 16.6. The molecule has 2 N–H and O–H groups in total. The number of nitrogen functional groups attached to an aromatic ring is 1. The molecule has 3 heteroatoms. The minimum atomic E-state index is 0.356. The molecule has 0 aliphatic heterocycles. The van der Waals surface area contributed by atoms with Gasteiger partial charge in [-0.3, -0.25) is 4.90 Å². The maximum atomic E-state index is 5.82. The van der Waals surface area contributed by atoms with Crippen LogP contribution in [0.1, 0.15) is 37.1 Å². The number of thiophene rings is 1. The molecule has 1 aromatic carbocycles. The number of rotatable bonds is 6. The monoisotopic (exact) mass is 300 g/mol. The van der Waals surface area contributed by atoms with E-state index < -0.39 is 0 Å². The molecule has 2 nitrogen and oxygen atoms in total. The van der Waals surface area contributed by atoms with Crippen molar-refractivity contribution in [3.8, 4) is 0 Å². The molecule has 1 aliphatic carbocycles. The van der Waals surface area contributed by atoms with Gasteiger partial charge in [-0.1, -0.05) is 18.2 Å². The average molecular weight is 300 g/mol. The second-order valence-corrected chi connectivity index (χ2v) is 7.51. The van der Waals surface area contributed by atoms with Crippen molar-refractivity contribution in [2.75, 3.05) is 12.3 Å². The Labute approximate surface area is 131 Å². The summed E-state index contributed by atoms with van der Waals surface area (Å²) >= 11 is 1.85. The fraction of sp³-hybridized carbons (Fsp3) is 0.444. The molecule has 2 aromatic rings. The molecule has 3 rings (SSSR count). The van der Waals surface area contributed by atoms with E-state index in [2.05, 4.69) is 48.4 Å². The van der Waals surface area contributed by atoms with Crippen molar-refractivity contribution < 1.29 is 0 Å². The first-order valence-corrected chi connectivity index (χ1v) is 8.59. The maximum absolute atomic E-state index is 5.82. The number of nitrogens with zero attached hydrogens (tertiary/aromatic N) is 1. The largest absolute Gasteiger partial charge is 0.399 e. The van der Waals surface area contributed by atoms with Crippen LogP contribution in [-0.2, 0) is 12.0 Å². The summed E-state index contributed by atoms with van der Waals surface area (Å²) in [4.78, 5) is 4.06. The molecule has 112 valence electrons.